The Morgan fingerprint density at radius 3 is 2.36 bits per heavy atom. The number of unbranched alkanes of at least 4 members (excludes halogenated alkanes) is 3. The fourth-order valence-corrected chi connectivity index (χ4v) is 3.76. The standard InChI is InChI=1S/C21H28F4/c1-2-3-4-5-6-16-7-9-17(10-8-16)19-12-11-18(20(22)15-19)13-14-21(23,24)25/h11-17H,2-10H2,1H3/b14-13-. The Hall–Kier alpha value is -1.32. The first-order valence-electron chi connectivity index (χ1n) is 9.44. The first-order valence-corrected chi connectivity index (χ1v) is 9.44. The lowest BCUT2D eigenvalue weighted by molar-refractivity contribution is -0.0790. The van der Waals surface area contributed by atoms with Crippen LogP contribution in [-0.2, 0) is 0 Å². The first kappa shape index (κ1) is 20.0. The summed E-state index contributed by atoms with van der Waals surface area (Å²) in [5.74, 6) is 0.550. The Morgan fingerprint density at radius 2 is 1.76 bits per heavy atom. The molecule has 4 heteroatoms. The van der Waals surface area contributed by atoms with Gasteiger partial charge < -0.3 is 0 Å². The average Bonchev–Trinajstić information content (AvgIpc) is 2.57. The summed E-state index contributed by atoms with van der Waals surface area (Å²) in [4.78, 5) is 0. The third kappa shape index (κ3) is 6.83. The minimum atomic E-state index is -4.42. The molecule has 2 rings (SSSR count). The molecule has 1 aliphatic carbocycles. The van der Waals surface area contributed by atoms with E-state index in [1.807, 2.05) is 0 Å². The minimum Gasteiger partial charge on any atom is -0.206 e. The molecule has 0 bridgehead atoms. The highest BCUT2D eigenvalue weighted by Gasteiger charge is 2.24. The van der Waals surface area contributed by atoms with Crippen molar-refractivity contribution in [3.63, 3.8) is 0 Å². The Kier molecular flexibility index (Phi) is 7.52. The van der Waals surface area contributed by atoms with Gasteiger partial charge in [-0.05, 0) is 55.2 Å². The van der Waals surface area contributed by atoms with Gasteiger partial charge in [0.1, 0.15) is 5.82 Å². The van der Waals surface area contributed by atoms with Crippen LogP contribution in [0.1, 0.15) is 81.8 Å². The summed E-state index contributed by atoms with van der Waals surface area (Å²) in [5, 5.41) is 0. The third-order valence-electron chi connectivity index (χ3n) is 5.26. The van der Waals surface area contributed by atoms with E-state index in [9.17, 15) is 17.6 Å². The van der Waals surface area contributed by atoms with Gasteiger partial charge in [0.25, 0.3) is 0 Å². The van der Waals surface area contributed by atoms with Crippen molar-refractivity contribution >= 4 is 6.08 Å². The van der Waals surface area contributed by atoms with Crippen LogP contribution in [0.5, 0.6) is 0 Å². The summed E-state index contributed by atoms with van der Waals surface area (Å²) < 4.78 is 50.7. The Balaban J connectivity index is 1.87. The zero-order valence-electron chi connectivity index (χ0n) is 14.9. The summed E-state index contributed by atoms with van der Waals surface area (Å²) in [7, 11) is 0. The van der Waals surface area contributed by atoms with E-state index in [1.54, 1.807) is 6.07 Å². The highest BCUT2D eigenvalue weighted by Crippen LogP contribution is 2.38. The van der Waals surface area contributed by atoms with Gasteiger partial charge in [-0.3, -0.25) is 0 Å². The molecule has 0 nitrogen and oxygen atoms in total. The maximum atomic E-state index is 14.1. The summed E-state index contributed by atoms with van der Waals surface area (Å²) >= 11 is 0. The van der Waals surface area contributed by atoms with Crippen molar-refractivity contribution in [2.45, 2.75) is 76.8 Å². The SMILES string of the molecule is CCCCCCC1CCC(c2ccc(/C=C\C(F)(F)F)c(F)c2)CC1. The molecular formula is C21H28F4. The number of rotatable bonds is 7. The van der Waals surface area contributed by atoms with Crippen molar-refractivity contribution in [3.8, 4) is 0 Å². The van der Waals surface area contributed by atoms with Crippen molar-refractivity contribution in [3.05, 3.63) is 41.2 Å². The van der Waals surface area contributed by atoms with E-state index in [1.165, 1.54) is 57.1 Å². The molecule has 0 aliphatic heterocycles. The quantitative estimate of drug-likeness (QED) is 0.348. The van der Waals surface area contributed by atoms with E-state index >= 15 is 0 Å². The van der Waals surface area contributed by atoms with E-state index < -0.39 is 12.0 Å². The van der Waals surface area contributed by atoms with Crippen LogP contribution in [0.3, 0.4) is 0 Å². The largest absolute Gasteiger partial charge is 0.409 e. The van der Waals surface area contributed by atoms with Gasteiger partial charge in [-0.15, -0.1) is 0 Å². The Labute approximate surface area is 148 Å². The number of alkyl halides is 3. The van der Waals surface area contributed by atoms with E-state index in [-0.39, 0.29) is 11.6 Å². The fourth-order valence-electron chi connectivity index (χ4n) is 3.76. The van der Waals surface area contributed by atoms with Gasteiger partial charge in [-0.25, -0.2) is 4.39 Å². The highest BCUT2D eigenvalue weighted by atomic mass is 19.4. The molecule has 1 aromatic carbocycles. The van der Waals surface area contributed by atoms with Crippen LogP contribution in [0.4, 0.5) is 17.6 Å². The lowest BCUT2D eigenvalue weighted by atomic mass is 9.77. The number of halogens is 4. The lowest BCUT2D eigenvalue weighted by Crippen LogP contribution is -2.13. The molecule has 0 aromatic heterocycles. The van der Waals surface area contributed by atoms with Gasteiger partial charge >= 0.3 is 6.18 Å². The second-order valence-electron chi connectivity index (χ2n) is 7.22. The second-order valence-corrected chi connectivity index (χ2v) is 7.22. The summed E-state index contributed by atoms with van der Waals surface area (Å²) in [6, 6.07) is 4.66. The molecule has 0 atom stereocenters. The maximum absolute atomic E-state index is 14.1. The van der Waals surface area contributed by atoms with Gasteiger partial charge in [0.05, 0.1) is 0 Å². The molecule has 0 radical (unpaired) electrons. The molecule has 1 aliphatic rings. The number of hydrogen-bond acceptors (Lipinski definition) is 0. The molecule has 0 spiro atoms. The third-order valence-corrected chi connectivity index (χ3v) is 5.26. The van der Waals surface area contributed by atoms with Crippen molar-refractivity contribution in [1.29, 1.82) is 0 Å². The molecule has 0 N–H and O–H groups in total. The molecule has 0 amide bonds. The molecular weight excluding hydrogens is 328 g/mol. The van der Waals surface area contributed by atoms with Crippen LogP contribution in [0.15, 0.2) is 24.3 Å². The minimum absolute atomic E-state index is 0.00862. The molecule has 1 saturated carbocycles. The van der Waals surface area contributed by atoms with Crippen LogP contribution in [-0.4, -0.2) is 6.18 Å². The van der Waals surface area contributed by atoms with Crippen LogP contribution < -0.4 is 0 Å². The number of allylic oxidation sites excluding steroid dienone is 1. The molecule has 1 fully saturated rings. The molecule has 140 valence electrons. The Morgan fingerprint density at radius 1 is 1.04 bits per heavy atom. The van der Waals surface area contributed by atoms with E-state index in [0.29, 0.717) is 5.92 Å². The van der Waals surface area contributed by atoms with E-state index in [0.717, 1.165) is 30.4 Å². The van der Waals surface area contributed by atoms with Gasteiger partial charge in [-0.1, -0.05) is 51.2 Å². The van der Waals surface area contributed by atoms with Crippen LogP contribution in [0, 0.1) is 11.7 Å². The fraction of sp³-hybridized carbons (Fsp3) is 0.619. The molecule has 0 unspecified atom stereocenters. The van der Waals surface area contributed by atoms with Crippen LogP contribution in [0.25, 0.3) is 6.08 Å². The monoisotopic (exact) mass is 356 g/mol. The normalized spacial score (nSPS) is 21.8. The van der Waals surface area contributed by atoms with Crippen molar-refractivity contribution in [1.82, 2.24) is 0 Å². The summed E-state index contributed by atoms with van der Waals surface area (Å²) in [6.07, 6.45) is 7.39. The zero-order chi connectivity index (χ0) is 18.3. The van der Waals surface area contributed by atoms with Crippen molar-refractivity contribution < 1.29 is 17.6 Å². The molecule has 0 heterocycles. The molecule has 25 heavy (non-hydrogen) atoms. The second kappa shape index (κ2) is 9.40. The predicted octanol–water partition coefficient (Wildman–Crippen LogP) is 7.65. The van der Waals surface area contributed by atoms with E-state index in [4.69, 9.17) is 0 Å². The lowest BCUT2D eigenvalue weighted by Gasteiger charge is -2.29. The first-order chi connectivity index (χ1) is 11.9. The van der Waals surface area contributed by atoms with Gasteiger partial charge in [0.15, 0.2) is 0 Å². The number of hydrogen-bond donors (Lipinski definition) is 0. The average molecular weight is 356 g/mol. The summed E-state index contributed by atoms with van der Waals surface area (Å²) in [6.45, 7) is 2.22. The van der Waals surface area contributed by atoms with Crippen molar-refractivity contribution in [2.24, 2.45) is 5.92 Å². The predicted molar refractivity (Wildman–Crippen MR) is 94.9 cm³/mol. The summed E-state index contributed by atoms with van der Waals surface area (Å²) in [5.41, 5.74) is 0.914. The smallest absolute Gasteiger partial charge is 0.206 e. The molecule has 0 saturated heterocycles. The van der Waals surface area contributed by atoms with E-state index in [2.05, 4.69) is 6.92 Å². The zero-order valence-corrected chi connectivity index (χ0v) is 14.9. The number of benzene rings is 1. The van der Waals surface area contributed by atoms with Gasteiger partial charge in [0, 0.05) is 11.6 Å². The van der Waals surface area contributed by atoms with Crippen LogP contribution in [0.2, 0.25) is 0 Å². The van der Waals surface area contributed by atoms with Gasteiger partial charge in [-0.2, -0.15) is 13.2 Å². The molecule has 1 aromatic rings. The topological polar surface area (TPSA) is 0 Å². The Bertz CT molecular complexity index is 552. The highest BCUT2D eigenvalue weighted by molar-refractivity contribution is 5.51. The van der Waals surface area contributed by atoms with Crippen molar-refractivity contribution in [2.75, 3.05) is 0 Å². The van der Waals surface area contributed by atoms with Crippen LogP contribution >= 0.6 is 0 Å². The maximum Gasteiger partial charge on any atom is 0.409 e. The van der Waals surface area contributed by atoms with Gasteiger partial charge in [0.2, 0.25) is 0 Å².